The van der Waals surface area contributed by atoms with Crippen molar-refractivity contribution >= 4 is 5.91 Å². The molecule has 1 amide bonds. The second-order valence-electron chi connectivity index (χ2n) is 19.1. The summed E-state index contributed by atoms with van der Waals surface area (Å²) < 4.78 is 0. The van der Waals surface area contributed by atoms with Gasteiger partial charge in [-0.25, -0.2) is 0 Å². The van der Waals surface area contributed by atoms with E-state index in [9.17, 15) is 20.1 Å². The second-order valence-corrected chi connectivity index (χ2v) is 19.1. The van der Waals surface area contributed by atoms with Gasteiger partial charge in [-0.1, -0.05) is 281 Å². The summed E-state index contributed by atoms with van der Waals surface area (Å²) in [6.07, 6.45) is 67.8. The lowest BCUT2D eigenvalue weighted by Gasteiger charge is -2.21. The van der Waals surface area contributed by atoms with Crippen LogP contribution in [0.5, 0.6) is 0 Å². The van der Waals surface area contributed by atoms with Crippen LogP contribution in [0.2, 0.25) is 0 Å². The van der Waals surface area contributed by atoms with Crippen molar-refractivity contribution in [3.8, 4) is 0 Å². The Morgan fingerprint density at radius 2 is 0.694 bits per heavy atom. The summed E-state index contributed by atoms with van der Waals surface area (Å²) in [4.78, 5) is 12.5. The number of rotatable bonds is 51. The average molecular weight is 873 g/mol. The second kappa shape index (κ2) is 52.2. The number of hydrogen-bond acceptors (Lipinski definition) is 4. The van der Waals surface area contributed by atoms with Gasteiger partial charge in [0.2, 0.25) is 5.91 Å². The summed E-state index contributed by atoms with van der Waals surface area (Å²) in [5.74, 6) is -0.501. The van der Waals surface area contributed by atoms with Gasteiger partial charge in [0.15, 0.2) is 0 Å². The highest BCUT2D eigenvalue weighted by Gasteiger charge is 2.22. The maximum absolute atomic E-state index is 12.5. The zero-order valence-electron chi connectivity index (χ0n) is 41.8. The number of aliphatic hydroxyl groups is 3. The van der Waals surface area contributed by atoms with Gasteiger partial charge in [0.1, 0.15) is 6.10 Å². The largest absolute Gasteiger partial charge is 0.394 e. The molecule has 0 aliphatic carbocycles. The third kappa shape index (κ3) is 46.6. The number of hydrogen-bond donors (Lipinski definition) is 4. The Balaban J connectivity index is 3.58. The van der Waals surface area contributed by atoms with E-state index in [1.165, 1.54) is 238 Å². The number of carbonyl (C=O) groups excluding carboxylic acids is 1. The van der Waals surface area contributed by atoms with E-state index < -0.39 is 24.2 Å². The van der Waals surface area contributed by atoms with Crippen molar-refractivity contribution in [2.75, 3.05) is 6.61 Å². The molecule has 0 saturated carbocycles. The molecule has 5 nitrogen and oxygen atoms in total. The normalized spacial score (nSPS) is 13.6. The van der Waals surface area contributed by atoms with Crippen molar-refractivity contribution < 1.29 is 20.1 Å². The Hall–Kier alpha value is -1.43. The first-order chi connectivity index (χ1) is 30.6. The Bertz CT molecular complexity index is 962. The quantitative estimate of drug-likeness (QED) is 0.0362. The molecule has 0 aromatic carbocycles. The topological polar surface area (TPSA) is 89.8 Å². The van der Waals surface area contributed by atoms with Crippen LogP contribution in [0, 0.1) is 0 Å². The molecule has 0 spiro atoms. The Morgan fingerprint density at radius 3 is 1.02 bits per heavy atom. The standard InChI is InChI=1S/C57H109NO4/c1-3-5-7-9-11-13-15-17-19-21-23-25-26-27-28-29-30-31-32-34-36-38-40-42-44-46-48-50-52-56(61)57(62)58-54(53-59)55(60)51-49-47-45-43-41-39-37-35-33-24-22-20-18-16-14-12-10-8-6-4-2/h23,25,27-28,49,51,54-56,59-61H,3-22,24,26,29-48,50,52-53H2,1-2H3,(H,58,62)/b25-23-,28-27-,51-49+. The van der Waals surface area contributed by atoms with Crippen LogP contribution in [-0.2, 0) is 4.79 Å². The number of aliphatic hydroxyl groups excluding tert-OH is 3. The summed E-state index contributed by atoms with van der Waals surface area (Å²) in [6, 6.07) is -0.799. The van der Waals surface area contributed by atoms with E-state index in [2.05, 4.69) is 43.5 Å². The fraction of sp³-hybridized carbons (Fsp3) is 0.877. The Labute approximate surface area is 387 Å². The molecule has 0 aromatic rings. The monoisotopic (exact) mass is 872 g/mol. The van der Waals surface area contributed by atoms with Crippen molar-refractivity contribution in [2.45, 2.75) is 315 Å². The first kappa shape index (κ1) is 60.6. The van der Waals surface area contributed by atoms with E-state index >= 15 is 0 Å². The molecule has 3 unspecified atom stereocenters. The van der Waals surface area contributed by atoms with Gasteiger partial charge in [-0.2, -0.15) is 0 Å². The predicted octanol–water partition coefficient (Wildman–Crippen LogP) is 17.1. The van der Waals surface area contributed by atoms with E-state index in [4.69, 9.17) is 0 Å². The molecule has 0 radical (unpaired) electrons. The number of nitrogens with one attached hydrogen (secondary N) is 1. The highest BCUT2D eigenvalue weighted by Crippen LogP contribution is 2.17. The molecule has 4 N–H and O–H groups in total. The van der Waals surface area contributed by atoms with Crippen LogP contribution in [0.3, 0.4) is 0 Å². The lowest BCUT2D eigenvalue weighted by molar-refractivity contribution is -0.131. The van der Waals surface area contributed by atoms with Gasteiger partial charge in [0, 0.05) is 0 Å². The third-order valence-electron chi connectivity index (χ3n) is 13.0. The zero-order valence-corrected chi connectivity index (χ0v) is 41.8. The van der Waals surface area contributed by atoms with Gasteiger partial charge in [0.05, 0.1) is 18.8 Å². The van der Waals surface area contributed by atoms with Crippen molar-refractivity contribution in [2.24, 2.45) is 0 Å². The zero-order chi connectivity index (χ0) is 45.1. The summed E-state index contributed by atoms with van der Waals surface area (Å²) in [5, 5.41) is 33.4. The van der Waals surface area contributed by atoms with Gasteiger partial charge in [0.25, 0.3) is 0 Å². The molecular formula is C57H109NO4. The van der Waals surface area contributed by atoms with E-state index in [0.29, 0.717) is 6.42 Å². The van der Waals surface area contributed by atoms with E-state index in [1.54, 1.807) is 6.08 Å². The fourth-order valence-electron chi connectivity index (χ4n) is 8.63. The Kier molecular flexibility index (Phi) is 51.0. The minimum atomic E-state index is -1.10. The third-order valence-corrected chi connectivity index (χ3v) is 13.0. The lowest BCUT2D eigenvalue weighted by atomic mass is 10.0. The van der Waals surface area contributed by atoms with Crippen molar-refractivity contribution in [1.29, 1.82) is 0 Å². The molecule has 0 heterocycles. The number of carbonyl (C=O) groups is 1. The van der Waals surface area contributed by atoms with Crippen LogP contribution in [0.4, 0.5) is 0 Å². The molecule has 366 valence electrons. The average Bonchev–Trinajstić information content (AvgIpc) is 3.28. The summed E-state index contributed by atoms with van der Waals surface area (Å²) >= 11 is 0. The van der Waals surface area contributed by atoms with Crippen molar-refractivity contribution in [3.05, 3.63) is 36.5 Å². The fourth-order valence-corrected chi connectivity index (χ4v) is 8.63. The van der Waals surface area contributed by atoms with Crippen LogP contribution in [-0.4, -0.2) is 46.1 Å². The minimum absolute atomic E-state index is 0.363. The molecule has 0 saturated heterocycles. The molecule has 0 rings (SSSR count). The highest BCUT2D eigenvalue weighted by atomic mass is 16.3. The van der Waals surface area contributed by atoms with E-state index in [-0.39, 0.29) is 6.61 Å². The molecular weight excluding hydrogens is 763 g/mol. The summed E-state index contributed by atoms with van der Waals surface area (Å²) in [7, 11) is 0. The maximum atomic E-state index is 12.5. The first-order valence-electron chi connectivity index (χ1n) is 27.8. The van der Waals surface area contributed by atoms with E-state index in [1.807, 2.05) is 6.08 Å². The summed E-state index contributed by atoms with van der Waals surface area (Å²) in [6.45, 7) is 4.21. The van der Waals surface area contributed by atoms with Gasteiger partial charge >= 0.3 is 0 Å². The predicted molar refractivity (Wildman–Crippen MR) is 273 cm³/mol. The molecule has 0 aliphatic heterocycles. The van der Waals surface area contributed by atoms with Crippen molar-refractivity contribution in [3.63, 3.8) is 0 Å². The van der Waals surface area contributed by atoms with E-state index in [0.717, 1.165) is 38.5 Å². The Morgan fingerprint density at radius 1 is 0.403 bits per heavy atom. The smallest absolute Gasteiger partial charge is 0.249 e. The molecule has 3 atom stereocenters. The van der Waals surface area contributed by atoms with Crippen LogP contribution < -0.4 is 5.32 Å². The van der Waals surface area contributed by atoms with Gasteiger partial charge in [-0.15, -0.1) is 0 Å². The summed E-state index contributed by atoms with van der Waals surface area (Å²) in [5.41, 5.74) is 0. The highest BCUT2D eigenvalue weighted by molar-refractivity contribution is 5.80. The van der Waals surface area contributed by atoms with Crippen LogP contribution in [0.1, 0.15) is 296 Å². The number of amides is 1. The van der Waals surface area contributed by atoms with Crippen molar-refractivity contribution in [1.82, 2.24) is 5.32 Å². The molecule has 0 aromatic heterocycles. The number of unbranched alkanes of at least 4 members (excludes halogenated alkanes) is 39. The van der Waals surface area contributed by atoms with Crippen LogP contribution in [0.15, 0.2) is 36.5 Å². The molecule has 62 heavy (non-hydrogen) atoms. The number of allylic oxidation sites excluding steroid dienone is 5. The molecule has 0 bridgehead atoms. The lowest BCUT2D eigenvalue weighted by Crippen LogP contribution is -2.48. The SMILES string of the molecule is CCCCCCCCCCC/C=C\C/C=C\CCCCCCCCCCCCCCC(O)C(=O)NC(CO)C(O)/C=C/CCCCCCCCCCCCCCCCCCCC. The maximum Gasteiger partial charge on any atom is 0.249 e. The minimum Gasteiger partial charge on any atom is -0.394 e. The van der Waals surface area contributed by atoms with Crippen LogP contribution in [0.25, 0.3) is 0 Å². The van der Waals surface area contributed by atoms with Gasteiger partial charge in [-0.3, -0.25) is 4.79 Å². The van der Waals surface area contributed by atoms with Gasteiger partial charge in [-0.05, 0) is 51.4 Å². The molecule has 0 fully saturated rings. The first-order valence-corrected chi connectivity index (χ1v) is 27.8. The molecule has 5 heteroatoms. The molecule has 0 aliphatic rings. The van der Waals surface area contributed by atoms with Crippen LogP contribution >= 0.6 is 0 Å². The van der Waals surface area contributed by atoms with Gasteiger partial charge < -0.3 is 20.6 Å².